The monoisotopic (exact) mass is 322 g/mol. The minimum absolute atomic E-state index is 0.273. The van der Waals surface area contributed by atoms with E-state index in [-0.39, 0.29) is 5.91 Å². The number of furan rings is 1. The molecule has 1 amide bonds. The van der Waals surface area contributed by atoms with Gasteiger partial charge in [0, 0.05) is 11.4 Å². The number of amides is 1. The van der Waals surface area contributed by atoms with Crippen LogP contribution >= 0.6 is 0 Å². The zero-order valence-electron chi connectivity index (χ0n) is 13.5. The van der Waals surface area contributed by atoms with E-state index in [9.17, 15) is 4.79 Å². The molecule has 0 spiro atoms. The van der Waals surface area contributed by atoms with Gasteiger partial charge in [-0.1, -0.05) is 17.7 Å². The van der Waals surface area contributed by atoms with E-state index < -0.39 is 0 Å². The summed E-state index contributed by atoms with van der Waals surface area (Å²) in [5, 5.41) is 5.89. The van der Waals surface area contributed by atoms with Gasteiger partial charge in [-0.2, -0.15) is 0 Å². The highest BCUT2D eigenvalue weighted by Gasteiger charge is 2.11. The Balaban J connectivity index is 1.72. The summed E-state index contributed by atoms with van der Waals surface area (Å²) in [4.78, 5) is 20.9. The highest BCUT2D eigenvalue weighted by atomic mass is 16.3. The van der Waals surface area contributed by atoms with Crippen LogP contribution in [-0.2, 0) is 6.54 Å². The van der Waals surface area contributed by atoms with Crippen molar-refractivity contribution in [3.63, 3.8) is 0 Å². The summed E-state index contributed by atoms with van der Waals surface area (Å²) >= 11 is 0. The highest BCUT2D eigenvalue weighted by molar-refractivity contribution is 6.03. The standard InChI is InChI=1S/C18H18N4O2/c1-12-5-7-14(8-6-12)21-17(23)16-10-13(2)20-18(22-16)19-11-15-4-3-9-24-15/h3-10H,11H2,1-2H3,(H,21,23)(H,19,20,22). The molecule has 24 heavy (non-hydrogen) atoms. The number of hydrogen-bond acceptors (Lipinski definition) is 5. The molecular formula is C18H18N4O2. The van der Waals surface area contributed by atoms with Gasteiger partial charge in [0.25, 0.3) is 5.91 Å². The number of benzene rings is 1. The molecule has 0 aliphatic rings. The summed E-state index contributed by atoms with van der Waals surface area (Å²) in [6.07, 6.45) is 1.61. The molecule has 2 N–H and O–H groups in total. The van der Waals surface area contributed by atoms with E-state index in [1.807, 2.05) is 50.2 Å². The molecule has 0 unspecified atom stereocenters. The summed E-state index contributed by atoms with van der Waals surface area (Å²) in [6.45, 7) is 4.27. The van der Waals surface area contributed by atoms with E-state index in [1.54, 1.807) is 12.3 Å². The van der Waals surface area contributed by atoms with E-state index in [0.29, 0.717) is 23.9 Å². The summed E-state index contributed by atoms with van der Waals surface area (Å²) in [6, 6.07) is 12.9. The topological polar surface area (TPSA) is 80.0 Å². The van der Waals surface area contributed by atoms with Crippen LogP contribution in [0, 0.1) is 13.8 Å². The van der Waals surface area contributed by atoms with Gasteiger partial charge < -0.3 is 15.1 Å². The van der Waals surface area contributed by atoms with Crippen molar-refractivity contribution in [1.29, 1.82) is 0 Å². The smallest absolute Gasteiger partial charge is 0.274 e. The Hall–Kier alpha value is -3.15. The summed E-state index contributed by atoms with van der Waals surface area (Å²) < 4.78 is 5.25. The molecule has 6 nitrogen and oxygen atoms in total. The van der Waals surface area contributed by atoms with Crippen LogP contribution in [-0.4, -0.2) is 15.9 Å². The van der Waals surface area contributed by atoms with Crippen LogP contribution in [0.1, 0.15) is 27.5 Å². The fourth-order valence-corrected chi connectivity index (χ4v) is 2.18. The number of aromatic nitrogens is 2. The minimum Gasteiger partial charge on any atom is -0.467 e. The van der Waals surface area contributed by atoms with Crippen LogP contribution < -0.4 is 10.6 Å². The number of hydrogen-bond donors (Lipinski definition) is 2. The first-order valence-corrected chi connectivity index (χ1v) is 7.60. The molecule has 0 aliphatic heterocycles. The lowest BCUT2D eigenvalue weighted by molar-refractivity contribution is 0.102. The van der Waals surface area contributed by atoms with Crippen molar-refractivity contribution in [2.75, 3.05) is 10.6 Å². The van der Waals surface area contributed by atoms with Crippen molar-refractivity contribution < 1.29 is 9.21 Å². The van der Waals surface area contributed by atoms with Crippen LogP contribution in [0.4, 0.5) is 11.6 Å². The first-order chi connectivity index (χ1) is 11.6. The van der Waals surface area contributed by atoms with Crippen molar-refractivity contribution in [3.05, 3.63) is 71.4 Å². The Kier molecular flexibility index (Phi) is 4.56. The molecule has 0 fully saturated rings. The van der Waals surface area contributed by atoms with Crippen LogP contribution in [0.25, 0.3) is 0 Å². The molecular weight excluding hydrogens is 304 g/mol. The molecule has 3 aromatic rings. The molecule has 2 aromatic heterocycles. The van der Waals surface area contributed by atoms with Crippen molar-refractivity contribution in [3.8, 4) is 0 Å². The fourth-order valence-electron chi connectivity index (χ4n) is 2.18. The second-order valence-electron chi connectivity index (χ2n) is 5.47. The van der Waals surface area contributed by atoms with Crippen molar-refractivity contribution in [2.45, 2.75) is 20.4 Å². The third-order valence-corrected chi connectivity index (χ3v) is 3.40. The zero-order valence-corrected chi connectivity index (χ0v) is 13.5. The maximum atomic E-state index is 12.4. The molecule has 0 atom stereocenters. The molecule has 0 saturated carbocycles. The van der Waals surface area contributed by atoms with Gasteiger partial charge >= 0.3 is 0 Å². The molecule has 1 aromatic carbocycles. The number of carbonyl (C=O) groups is 1. The van der Waals surface area contributed by atoms with E-state index in [2.05, 4.69) is 20.6 Å². The Morgan fingerprint density at radius 2 is 1.92 bits per heavy atom. The van der Waals surface area contributed by atoms with Gasteiger partial charge in [0.1, 0.15) is 11.5 Å². The number of carbonyl (C=O) groups excluding carboxylic acids is 1. The van der Waals surface area contributed by atoms with E-state index >= 15 is 0 Å². The predicted octanol–water partition coefficient (Wildman–Crippen LogP) is 3.55. The average Bonchev–Trinajstić information content (AvgIpc) is 3.08. The van der Waals surface area contributed by atoms with Crippen molar-refractivity contribution in [1.82, 2.24) is 9.97 Å². The second-order valence-corrected chi connectivity index (χ2v) is 5.47. The third kappa shape index (κ3) is 3.98. The molecule has 2 heterocycles. The zero-order chi connectivity index (χ0) is 16.9. The predicted molar refractivity (Wildman–Crippen MR) is 91.9 cm³/mol. The van der Waals surface area contributed by atoms with Gasteiger partial charge in [-0.05, 0) is 44.2 Å². The minimum atomic E-state index is -0.273. The lowest BCUT2D eigenvalue weighted by Gasteiger charge is -2.08. The van der Waals surface area contributed by atoms with Gasteiger partial charge in [-0.3, -0.25) is 4.79 Å². The molecule has 3 rings (SSSR count). The van der Waals surface area contributed by atoms with Crippen LogP contribution in [0.3, 0.4) is 0 Å². The van der Waals surface area contributed by atoms with E-state index in [1.165, 1.54) is 0 Å². The van der Waals surface area contributed by atoms with Crippen molar-refractivity contribution in [2.24, 2.45) is 0 Å². The summed E-state index contributed by atoms with van der Waals surface area (Å²) in [5.74, 6) is 0.886. The fraction of sp³-hybridized carbons (Fsp3) is 0.167. The third-order valence-electron chi connectivity index (χ3n) is 3.40. The quantitative estimate of drug-likeness (QED) is 0.751. The Labute approximate surface area is 140 Å². The largest absolute Gasteiger partial charge is 0.467 e. The molecule has 0 aliphatic carbocycles. The lowest BCUT2D eigenvalue weighted by atomic mass is 10.2. The Bertz CT molecular complexity index is 827. The maximum Gasteiger partial charge on any atom is 0.274 e. The van der Waals surface area contributed by atoms with Crippen LogP contribution in [0.5, 0.6) is 0 Å². The number of aryl methyl sites for hydroxylation is 2. The Morgan fingerprint density at radius 3 is 2.62 bits per heavy atom. The number of anilines is 2. The van der Waals surface area contributed by atoms with Gasteiger partial charge in [0.15, 0.2) is 0 Å². The Morgan fingerprint density at radius 1 is 1.12 bits per heavy atom. The number of nitrogens with one attached hydrogen (secondary N) is 2. The van der Waals surface area contributed by atoms with Crippen molar-refractivity contribution >= 4 is 17.5 Å². The van der Waals surface area contributed by atoms with Gasteiger partial charge in [0.2, 0.25) is 5.95 Å². The van der Waals surface area contributed by atoms with Gasteiger partial charge in [-0.15, -0.1) is 0 Å². The SMILES string of the molecule is Cc1ccc(NC(=O)c2cc(C)nc(NCc3ccco3)n2)cc1. The molecule has 0 saturated heterocycles. The average molecular weight is 322 g/mol. The first-order valence-electron chi connectivity index (χ1n) is 7.60. The lowest BCUT2D eigenvalue weighted by Crippen LogP contribution is -2.16. The normalized spacial score (nSPS) is 10.4. The number of nitrogens with zero attached hydrogens (tertiary/aromatic N) is 2. The van der Waals surface area contributed by atoms with Gasteiger partial charge in [0.05, 0.1) is 12.8 Å². The molecule has 0 radical (unpaired) electrons. The summed E-state index contributed by atoms with van der Waals surface area (Å²) in [5.41, 5.74) is 2.88. The summed E-state index contributed by atoms with van der Waals surface area (Å²) in [7, 11) is 0. The van der Waals surface area contributed by atoms with Crippen LogP contribution in [0.2, 0.25) is 0 Å². The molecule has 6 heteroatoms. The van der Waals surface area contributed by atoms with E-state index in [4.69, 9.17) is 4.42 Å². The molecule has 0 bridgehead atoms. The van der Waals surface area contributed by atoms with Crippen LogP contribution in [0.15, 0.2) is 53.1 Å². The van der Waals surface area contributed by atoms with E-state index in [0.717, 1.165) is 17.0 Å². The second kappa shape index (κ2) is 6.95. The maximum absolute atomic E-state index is 12.4. The highest BCUT2D eigenvalue weighted by Crippen LogP contribution is 2.12. The molecule has 122 valence electrons. The first kappa shape index (κ1) is 15.7. The van der Waals surface area contributed by atoms with Gasteiger partial charge in [-0.25, -0.2) is 9.97 Å². The number of rotatable bonds is 5.